The highest BCUT2D eigenvalue weighted by atomic mass is 32.2. The van der Waals surface area contributed by atoms with Crippen LogP contribution in [0.25, 0.3) is 0 Å². The second-order valence-corrected chi connectivity index (χ2v) is 7.70. The molecule has 0 aromatic heterocycles. The number of nitrogens with zero attached hydrogens (tertiary/aromatic N) is 1. The molecular formula is C15H24N2O3S. The number of sulfonamides is 1. The summed E-state index contributed by atoms with van der Waals surface area (Å²) in [6, 6.07) is 6.69. The summed E-state index contributed by atoms with van der Waals surface area (Å²) in [7, 11) is -1.85. The van der Waals surface area contributed by atoms with E-state index in [1.165, 1.54) is 4.31 Å². The molecule has 2 rings (SSSR count). The Labute approximate surface area is 127 Å². The van der Waals surface area contributed by atoms with Gasteiger partial charge in [-0.2, -0.15) is 4.31 Å². The first-order chi connectivity index (χ1) is 9.86. The van der Waals surface area contributed by atoms with E-state index in [9.17, 15) is 8.42 Å². The first-order valence-electron chi connectivity index (χ1n) is 7.24. The second-order valence-electron chi connectivity index (χ2n) is 5.76. The zero-order chi connectivity index (χ0) is 15.6. The van der Waals surface area contributed by atoms with Gasteiger partial charge in [-0.3, -0.25) is 0 Å². The standard InChI is InChI=1S/C15H24N2O3S/c1-11-7-8-17(10-15(11)20-3)21(18,19)14-6-4-5-13(9-14)12(2)16/h4-6,9,11-12,15H,7-8,10,16H2,1-3H3. The number of rotatable bonds is 4. The van der Waals surface area contributed by atoms with E-state index in [0.29, 0.717) is 23.9 Å². The van der Waals surface area contributed by atoms with Gasteiger partial charge in [-0.05, 0) is 37.0 Å². The van der Waals surface area contributed by atoms with Crippen molar-refractivity contribution in [1.29, 1.82) is 0 Å². The summed E-state index contributed by atoms with van der Waals surface area (Å²) in [4.78, 5) is 0.307. The van der Waals surface area contributed by atoms with E-state index in [0.717, 1.165) is 12.0 Å². The summed E-state index contributed by atoms with van der Waals surface area (Å²) >= 11 is 0. The summed E-state index contributed by atoms with van der Waals surface area (Å²) < 4.78 is 32.4. The molecule has 3 unspecified atom stereocenters. The fourth-order valence-corrected chi connectivity index (χ4v) is 4.16. The predicted molar refractivity (Wildman–Crippen MR) is 82.4 cm³/mol. The van der Waals surface area contributed by atoms with Crippen LogP contribution >= 0.6 is 0 Å². The zero-order valence-corrected chi connectivity index (χ0v) is 13.6. The molecule has 0 aliphatic carbocycles. The average molecular weight is 312 g/mol. The third-order valence-electron chi connectivity index (χ3n) is 4.18. The van der Waals surface area contributed by atoms with Crippen LogP contribution in [-0.4, -0.2) is 39.0 Å². The lowest BCUT2D eigenvalue weighted by Gasteiger charge is -2.35. The van der Waals surface area contributed by atoms with Crippen molar-refractivity contribution in [1.82, 2.24) is 4.31 Å². The van der Waals surface area contributed by atoms with Crippen LogP contribution in [0.15, 0.2) is 29.2 Å². The van der Waals surface area contributed by atoms with Crippen LogP contribution in [-0.2, 0) is 14.8 Å². The second kappa shape index (κ2) is 6.44. The quantitative estimate of drug-likeness (QED) is 0.919. The Balaban J connectivity index is 2.27. The number of hydrogen-bond acceptors (Lipinski definition) is 4. The van der Waals surface area contributed by atoms with E-state index in [-0.39, 0.29) is 12.1 Å². The first-order valence-corrected chi connectivity index (χ1v) is 8.68. The molecule has 1 fully saturated rings. The Morgan fingerprint density at radius 3 is 2.76 bits per heavy atom. The largest absolute Gasteiger partial charge is 0.380 e. The van der Waals surface area contributed by atoms with Gasteiger partial charge < -0.3 is 10.5 Å². The molecule has 0 amide bonds. The predicted octanol–water partition coefficient (Wildman–Crippen LogP) is 1.75. The SMILES string of the molecule is COC1CN(S(=O)(=O)c2cccc(C(C)N)c2)CCC1C. The fourth-order valence-electron chi connectivity index (χ4n) is 2.64. The molecule has 1 aliphatic rings. The van der Waals surface area contributed by atoms with Crippen LogP contribution in [0.2, 0.25) is 0 Å². The van der Waals surface area contributed by atoms with Crippen LogP contribution < -0.4 is 5.73 Å². The molecule has 1 aromatic rings. The third-order valence-corrected chi connectivity index (χ3v) is 6.04. The molecule has 118 valence electrons. The van der Waals surface area contributed by atoms with Crippen LogP contribution in [0.3, 0.4) is 0 Å². The third kappa shape index (κ3) is 3.45. The lowest BCUT2D eigenvalue weighted by Crippen LogP contribution is -2.46. The average Bonchev–Trinajstić information content (AvgIpc) is 2.47. The monoisotopic (exact) mass is 312 g/mol. The minimum Gasteiger partial charge on any atom is -0.380 e. The molecule has 21 heavy (non-hydrogen) atoms. The first kappa shape index (κ1) is 16.4. The van der Waals surface area contributed by atoms with Gasteiger partial charge in [-0.1, -0.05) is 19.1 Å². The molecule has 0 spiro atoms. The van der Waals surface area contributed by atoms with Gasteiger partial charge in [0.15, 0.2) is 0 Å². The molecule has 1 aromatic carbocycles. The van der Waals surface area contributed by atoms with E-state index < -0.39 is 10.0 Å². The summed E-state index contributed by atoms with van der Waals surface area (Å²) in [6.45, 7) is 4.87. The van der Waals surface area contributed by atoms with Gasteiger partial charge in [0.1, 0.15) is 0 Å². The Bertz CT molecular complexity index is 586. The van der Waals surface area contributed by atoms with E-state index in [1.54, 1.807) is 25.3 Å². The maximum atomic E-state index is 12.8. The summed E-state index contributed by atoms with van der Waals surface area (Å²) in [5.41, 5.74) is 6.66. The molecule has 1 heterocycles. The molecule has 0 saturated carbocycles. The van der Waals surface area contributed by atoms with Crippen molar-refractivity contribution in [3.63, 3.8) is 0 Å². The van der Waals surface area contributed by atoms with Gasteiger partial charge >= 0.3 is 0 Å². The van der Waals surface area contributed by atoms with Crippen molar-refractivity contribution in [2.45, 2.75) is 37.3 Å². The number of piperidine rings is 1. The van der Waals surface area contributed by atoms with Crippen LogP contribution in [0.4, 0.5) is 0 Å². The maximum Gasteiger partial charge on any atom is 0.243 e. The van der Waals surface area contributed by atoms with E-state index in [4.69, 9.17) is 10.5 Å². The molecule has 1 aliphatic heterocycles. The Morgan fingerprint density at radius 2 is 2.14 bits per heavy atom. The minimum absolute atomic E-state index is 0.0508. The van der Waals surface area contributed by atoms with Crippen molar-refractivity contribution >= 4 is 10.0 Å². The van der Waals surface area contributed by atoms with Gasteiger partial charge in [-0.15, -0.1) is 0 Å². The van der Waals surface area contributed by atoms with Gasteiger partial charge in [0.2, 0.25) is 10.0 Å². The lowest BCUT2D eigenvalue weighted by atomic mass is 9.97. The number of ether oxygens (including phenoxy) is 1. The van der Waals surface area contributed by atoms with Crippen LogP contribution in [0.5, 0.6) is 0 Å². The Kier molecular flexibility index (Phi) is 5.03. The van der Waals surface area contributed by atoms with Crippen molar-refractivity contribution in [3.05, 3.63) is 29.8 Å². The molecule has 0 radical (unpaired) electrons. The van der Waals surface area contributed by atoms with Crippen LogP contribution in [0, 0.1) is 5.92 Å². The smallest absolute Gasteiger partial charge is 0.243 e. The Hall–Kier alpha value is -0.950. The number of methoxy groups -OCH3 is 1. The fraction of sp³-hybridized carbons (Fsp3) is 0.600. The van der Waals surface area contributed by atoms with Gasteiger partial charge in [0.25, 0.3) is 0 Å². The van der Waals surface area contributed by atoms with E-state index >= 15 is 0 Å². The molecular weight excluding hydrogens is 288 g/mol. The van der Waals surface area contributed by atoms with Crippen molar-refractivity contribution in [2.75, 3.05) is 20.2 Å². The van der Waals surface area contributed by atoms with Gasteiger partial charge in [0, 0.05) is 26.2 Å². The maximum absolute atomic E-state index is 12.8. The van der Waals surface area contributed by atoms with Gasteiger partial charge in [0.05, 0.1) is 11.0 Å². The lowest BCUT2D eigenvalue weighted by molar-refractivity contribution is 0.0184. The normalized spacial score (nSPS) is 25.7. The highest BCUT2D eigenvalue weighted by Gasteiger charge is 2.33. The van der Waals surface area contributed by atoms with E-state index in [1.807, 2.05) is 13.0 Å². The highest BCUT2D eigenvalue weighted by Crippen LogP contribution is 2.26. The minimum atomic E-state index is -3.49. The summed E-state index contributed by atoms with van der Waals surface area (Å²) in [5.74, 6) is 0.372. The molecule has 0 bridgehead atoms. The highest BCUT2D eigenvalue weighted by molar-refractivity contribution is 7.89. The van der Waals surface area contributed by atoms with Crippen molar-refractivity contribution in [2.24, 2.45) is 11.7 Å². The summed E-state index contributed by atoms with van der Waals surface area (Å²) in [5, 5.41) is 0. The number of nitrogens with two attached hydrogens (primary N) is 1. The number of hydrogen-bond donors (Lipinski definition) is 1. The molecule has 5 nitrogen and oxygen atoms in total. The Morgan fingerprint density at radius 1 is 1.43 bits per heavy atom. The topological polar surface area (TPSA) is 72.6 Å². The number of benzene rings is 1. The zero-order valence-electron chi connectivity index (χ0n) is 12.8. The van der Waals surface area contributed by atoms with Crippen molar-refractivity contribution in [3.8, 4) is 0 Å². The summed E-state index contributed by atoms with van der Waals surface area (Å²) in [6.07, 6.45) is 0.759. The van der Waals surface area contributed by atoms with E-state index in [2.05, 4.69) is 6.92 Å². The molecule has 2 N–H and O–H groups in total. The van der Waals surface area contributed by atoms with Gasteiger partial charge in [-0.25, -0.2) is 8.42 Å². The molecule has 3 atom stereocenters. The van der Waals surface area contributed by atoms with Crippen molar-refractivity contribution < 1.29 is 13.2 Å². The van der Waals surface area contributed by atoms with Crippen LogP contribution in [0.1, 0.15) is 31.9 Å². The molecule has 1 saturated heterocycles. The molecule has 6 heteroatoms.